The number of fused-ring (bicyclic) bond motifs is 1. The summed E-state index contributed by atoms with van der Waals surface area (Å²) in [5.41, 5.74) is 14.1. The first-order valence-electron chi connectivity index (χ1n) is 10.5. The lowest BCUT2D eigenvalue weighted by molar-refractivity contribution is 0.140. The number of aliphatic imine (C=N–C) groups is 2. The minimum Gasteiger partial charge on any atom is -0.403 e. The van der Waals surface area contributed by atoms with E-state index in [0.717, 1.165) is 5.56 Å². The van der Waals surface area contributed by atoms with Gasteiger partial charge in [-0.3, -0.25) is 14.7 Å². The molecule has 0 saturated heterocycles. The second-order valence-electron chi connectivity index (χ2n) is 7.24. The van der Waals surface area contributed by atoms with Crippen LogP contribution in [0.25, 0.3) is 11.2 Å². The third kappa shape index (κ3) is 5.66. The van der Waals surface area contributed by atoms with E-state index in [0.29, 0.717) is 29.1 Å². The maximum Gasteiger partial charge on any atom is 0.295 e. The van der Waals surface area contributed by atoms with Crippen molar-refractivity contribution in [1.29, 1.82) is 10.7 Å². The van der Waals surface area contributed by atoms with E-state index >= 15 is 0 Å². The number of nitrogens with one attached hydrogen (secondary N) is 2. The molecule has 14 heteroatoms. The molecule has 10 nitrogen and oxygen atoms in total. The Balaban J connectivity index is 2.29. The second-order valence-corrected chi connectivity index (χ2v) is 9.31. The van der Waals surface area contributed by atoms with E-state index in [1.54, 1.807) is 25.1 Å². The Kier molecular flexibility index (Phi) is 9.00. The Labute approximate surface area is 220 Å². The highest BCUT2D eigenvalue weighted by atomic mass is 127. The van der Waals surface area contributed by atoms with Gasteiger partial charge in [0.1, 0.15) is 17.4 Å². The van der Waals surface area contributed by atoms with Gasteiger partial charge in [0.2, 0.25) is 0 Å². The summed E-state index contributed by atoms with van der Waals surface area (Å²) in [7, 11) is 0. The average Bonchev–Trinajstić information content (AvgIpc) is 3.24. The minimum atomic E-state index is -2.82. The largest absolute Gasteiger partial charge is 0.403 e. The predicted molar refractivity (Wildman–Crippen MR) is 149 cm³/mol. The molecule has 0 amide bonds. The van der Waals surface area contributed by atoms with Crippen molar-refractivity contribution in [2.45, 2.75) is 26.7 Å². The van der Waals surface area contributed by atoms with E-state index in [2.05, 4.69) is 25.3 Å². The van der Waals surface area contributed by atoms with Crippen molar-refractivity contribution in [1.82, 2.24) is 14.3 Å². The Hall–Kier alpha value is -3.50. The lowest BCUT2D eigenvalue weighted by Gasteiger charge is -2.15. The summed E-state index contributed by atoms with van der Waals surface area (Å²) < 4.78 is 28.9. The number of imidazole rings is 1. The van der Waals surface area contributed by atoms with Crippen LogP contribution >= 0.6 is 28.4 Å². The van der Waals surface area contributed by atoms with Crippen LogP contribution in [0.4, 0.5) is 26.0 Å². The van der Waals surface area contributed by atoms with Crippen LogP contribution in [0.3, 0.4) is 0 Å². The normalized spacial score (nSPS) is 12.8. The number of nitrogens with two attached hydrogens (primary N) is 2. The number of benzene rings is 1. The van der Waals surface area contributed by atoms with E-state index in [9.17, 15) is 14.0 Å². The van der Waals surface area contributed by atoms with Crippen LogP contribution < -0.4 is 16.8 Å². The van der Waals surface area contributed by atoms with Crippen molar-refractivity contribution in [3.05, 3.63) is 53.6 Å². The van der Waals surface area contributed by atoms with Crippen LogP contribution in [0.15, 0.2) is 46.7 Å². The van der Waals surface area contributed by atoms with E-state index in [-0.39, 0.29) is 34.9 Å². The molecule has 6 N–H and O–H groups in total. The molecule has 0 fully saturated rings. The number of rotatable bonds is 9. The van der Waals surface area contributed by atoms with Gasteiger partial charge in [-0.05, 0) is 47.0 Å². The molecular formula is C22H22F2IN10P. The number of nitrogen functional groups attached to an aromatic ring is 1. The summed E-state index contributed by atoms with van der Waals surface area (Å²) in [5.74, 6) is -0.407. The Morgan fingerprint density at radius 3 is 2.72 bits per heavy atom. The van der Waals surface area contributed by atoms with Gasteiger partial charge in [-0.1, -0.05) is 19.1 Å². The zero-order valence-corrected chi connectivity index (χ0v) is 22.4. The van der Waals surface area contributed by atoms with Crippen molar-refractivity contribution < 1.29 is 8.78 Å². The molecular weight excluding hydrogens is 600 g/mol. The number of halogens is 3. The maximum atomic E-state index is 13.8. The van der Waals surface area contributed by atoms with Crippen LogP contribution in [0.5, 0.6) is 0 Å². The molecule has 3 rings (SSSR count). The lowest BCUT2D eigenvalue weighted by Crippen LogP contribution is -2.14. The van der Waals surface area contributed by atoms with Crippen LogP contribution in [0, 0.1) is 16.7 Å². The molecule has 0 spiro atoms. The molecule has 2 aromatic heterocycles. The zero-order valence-electron chi connectivity index (χ0n) is 19.2. The zero-order chi connectivity index (χ0) is 26.4. The summed E-state index contributed by atoms with van der Waals surface area (Å²) in [5, 5.41) is 20.7. The van der Waals surface area contributed by atoms with Crippen LogP contribution in [-0.4, -0.2) is 31.6 Å². The topological polar surface area (TPSA) is 167 Å². The van der Waals surface area contributed by atoms with Gasteiger partial charge in [-0.2, -0.15) is 5.26 Å². The highest BCUT2D eigenvalue weighted by Crippen LogP contribution is 2.39. The smallest absolute Gasteiger partial charge is 0.295 e. The molecule has 0 saturated carbocycles. The number of nitriles is 1. The van der Waals surface area contributed by atoms with E-state index in [4.69, 9.17) is 16.9 Å². The van der Waals surface area contributed by atoms with Crippen LogP contribution in [-0.2, 0) is 6.42 Å². The number of hydrogen-bond donors (Lipinski definition) is 4. The molecule has 1 unspecified atom stereocenters. The summed E-state index contributed by atoms with van der Waals surface area (Å²) >= 11 is 1.98. The molecule has 0 radical (unpaired) electrons. The monoisotopic (exact) mass is 622 g/mol. The summed E-state index contributed by atoms with van der Waals surface area (Å²) in [6.07, 6.45) is 0.176. The molecule has 36 heavy (non-hydrogen) atoms. The number of amidine groups is 1. The van der Waals surface area contributed by atoms with Crippen molar-refractivity contribution in [3.8, 4) is 6.07 Å². The van der Waals surface area contributed by atoms with Gasteiger partial charge in [0.15, 0.2) is 23.0 Å². The molecule has 0 aliphatic heterocycles. The average molecular weight is 622 g/mol. The number of pyridine rings is 1. The third-order valence-corrected chi connectivity index (χ3v) is 7.08. The first-order valence-corrected chi connectivity index (χ1v) is 14.5. The van der Waals surface area contributed by atoms with Gasteiger partial charge in [0, 0.05) is 29.7 Å². The molecule has 3 aromatic rings. The van der Waals surface area contributed by atoms with Gasteiger partial charge in [0.05, 0.1) is 17.8 Å². The number of aromatic nitrogens is 3. The second kappa shape index (κ2) is 12.0. The number of alkyl halides is 2. The van der Waals surface area contributed by atoms with Crippen molar-refractivity contribution in [2.24, 2.45) is 21.5 Å². The molecule has 1 aromatic carbocycles. The Morgan fingerprint density at radius 2 is 2.14 bits per heavy atom. The van der Waals surface area contributed by atoms with Crippen LogP contribution in [0.1, 0.15) is 37.2 Å². The fraction of sp³-hybridized carbons (Fsp3) is 0.182. The van der Waals surface area contributed by atoms with Crippen molar-refractivity contribution >= 4 is 74.0 Å². The molecule has 0 aliphatic carbocycles. The van der Waals surface area contributed by atoms with Gasteiger partial charge < -0.3 is 16.8 Å². The molecule has 1 atom stereocenters. The van der Waals surface area contributed by atoms with E-state index in [1.807, 2.05) is 35.0 Å². The fourth-order valence-electron chi connectivity index (χ4n) is 3.43. The van der Waals surface area contributed by atoms with Gasteiger partial charge >= 0.3 is 0 Å². The number of anilines is 2. The van der Waals surface area contributed by atoms with Crippen molar-refractivity contribution in [3.63, 3.8) is 0 Å². The Morgan fingerprint density at radius 1 is 1.39 bits per heavy atom. The molecule has 186 valence electrons. The summed E-state index contributed by atoms with van der Waals surface area (Å²) in [6.45, 7) is 3.51. The minimum absolute atomic E-state index is 0.0178. The van der Waals surface area contributed by atoms with Crippen molar-refractivity contribution in [2.75, 3.05) is 5.32 Å². The van der Waals surface area contributed by atoms with Gasteiger partial charge in [-0.15, -0.1) is 0 Å². The fourth-order valence-corrected chi connectivity index (χ4v) is 5.33. The standard InChI is InChI=1S/C22H22F2IN10P/c1-3-12-13(20(28)29)5-4-6-14(12)31-15-9-17(32-16(10-27)11(2)30-8-7-26)33-21-18(15)34-22(19(23)24)35(21)36-25/h4-9,19,36H,3,26H2,1-2H3,(H3,28,29)(H,31,33)/b8-7+,30-11?,32-16?. The first-order chi connectivity index (χ1) is 17.2. The van der Waals surface area contributed by atoms with E-state index in [1.165, 1.54) is 22.8 Å². The highest BCUT2D eigenvalue weighted by molar-refractivity contribution is 14.2. The Bertz CT molecular complexity index is 1440. The third-order valence-electron chi connectivity index (χ3n) is 5.03. The lowest BCUT2D eigenvalue weighted by atomic mass is 10.0. The molecule has 0 aliphatic rings. The maximum absolute atomic E-state index is 13.8. The number of nitrogens with zero attached hydrogens (tertiary/aromatic N) is 6. The van der Waals surface area contributed by atoms with Gasteiger partial charge in [0.25, 0.3) is 6.43 Å². The summed E-state index contributed by atoms with van der Waals surface area (Å²) in [4.78, 5) is 17.0. The quantitative estimate of drug-likeness (QED) is 0.110. The first kappa shape index (κ1) is 27.1. The summed E-state index contributed by atoms with van der Waals surface area (Å²) in [6, 6.07) is 8.77. The molecule has 2 heterocycles. The van der Waals surface area contributed by atoms with Gasteiger partial charge in [-0.25, -0.2) is 23.7 Å². The molecule has 0 bridgehead atoms. The van der Waals surface area contributed by atoms with E-state index < -0.39 is 12.2 Å². The van der Waals surface area contributed by atoms with Crippen LogP contribution in [0.2, 0.25) is 0 Å². The predicted octanol–water partition coefficient (Wildman–Crippen LogP) is 5.24. The highest BCUT2D eigenvalue weighted by Gasteiger charge is 2.23. The number of hydrogen-bond acceptors (Lipinski definition) is 8. The SMILES string of the molecule is CCc1c(Nc2cc(N=C(C#N)C(C)=N/C=C/N)nc3c2nc(C(F)F)n3PI)cccc1C(=N)N.